The van der Waals surface area contributed by atoms with Crippen LogP contribution in [0, 0.1) is 5.92 Å². The fourth-order valence-corrected chi connectivity index (χ4v) is 4.44. The smallest absolute Gasteiger partial charge is 0.422 e. The highest BCUT2D eigenvalue weighted by atomic mass is 19.4. The number of carboxylic acids is 1. The number of hydrogen-bond donors (Lipinski definition) is 1. The van der Waals surface area contributed by atoms with E-state index in [2.05, 4.69) is 10.3 Å². The average molecular weight is 482 g/mol. The second-order valence-corrected chi connectivity index (χ2v) is 8.71. The van der Waals surface area contributed by atoms with Crippen molar-refractivity contribution in [2.24, 2.45) is 5.92 Å². The zero-order chi connectivity index (χ0) is 24.7. The Bertz CT molecular complexity index is 1390. The van der Waals surface area contributed by atoms with Gasteiger partial charge in [-0.2, -0.15) is 13.2 Å². The molecule has 1 aliphatic rings. The molecule has 35 heavy (non-hydrogen) atoms. The van der Waals surface area contributed by atoms with Crippen molar-refractivity contribution in [1.29, 1.82) is 0 Å². The molecule has 1 aliphatic carbocycles. The van der Waals surface area contributed by atoms with E-state index in [1.54, 1.807) is 25.1 Å². The van der Waals surface area contributed by atoms with Crippen molar-refractivity contribution in [2.45, 2.75) is 38.8 Å². The number of aryl methyl sites for hydroxylation is 2. The molecule has 2 aromatic carbocycles. The Labute approximate surface area is 198 Å². The Hall–Kier alpha value is -3.88. The lowest BCUT2D eigenvalue weighted by atomic mass is 9.86. The van der Waals surface area contributed by atoms with Crippen molar-refractivity contribution in [3.63, 3.8) is 0 Å². The van der Waals surface area contributed by atoms with Crippen LogP contribution in [0.15, 0.2) is 57.6 Å². The highest BCUT2D eigenvalue weighted by Gasteiger charge is 2.43. The third-order valence-electron chi connectivity index (χ3n) is 6.37. The molecule has 2 heterocycles. The SMILES string of the molecule is C[C@H](CCc1ccc2c(c1)CCc1c-2noc1-c1noc(-c2ccccc2)c1C(F)(F)F)C(=O)O. The summed E-state index contributed by atoms with van der Waals surface area (Å²) < 4.78 is 53.0. The first-order valence-electron chi connectivity index (χ1n) is 11.2. The van der Waals surface area contributed by atoms with E-state index in [9.17, 15) is 18.0 Å². The van der Waals surface area contributed by atoms with Gasteiger partial charge in [0.1, 0.15) is 11.3 Å². The van der Waals surface area contributed by atoms with Crippen molar-refractivity contribution in [3.8, 4) is 34.0 Å². The molecule has 6 nitrogen and oxygen atoms in total. The van der Waals surface area contributed by atoms with Crippen LogP contribution in [0.25, 0.3) is 34.0 Å². The number of aliphatic carboxylic acids is 1. The molecule has 0 radical (unpaired) electrons. The van der Waals surface area contributed by atoms with Gasteiger partial charge >= 0.3 is 12.1 Å². The van der Waals surface area contributed by atoms with E-state index in [4.69, 9.17) is 14.2 Å². The third kappa shape index (κ3) is 4.22. The molecule has 180 valence electrons. The summed E-state index contributed by atoms with van der Waals surface area (Å²) in [4.78, 5) is 11.1. The maximum Gasteiger partial charge on any atom is 0.422 e. The van der Waals surface area contributed by atoms with Gasteiger partial charge in [0.2, 0.25) is 0 Å². The van der Waals surface area contributed by atoms with Gasteiger partial charge in [-0.05, 0) is 36.8 Å². The summed E-state index contributed by atoms with van der Waals surface area (Å²) in [6.45, 7) is 1.67. The number of carbonyl (C=O) groups is 1. The molecule has 9 heteroatoms. The van der Waals surface area contributed by atoms with Gasteiger partial charge in [0, 0.05) is 16.7 Å². The zero-order valence-corrected chi connectivity index (χ0v) is 18.7. The number of aromatic nitrogens is 2. The highest BCUT2D eigenvalue weighted by Crippen LogP contribution is 2.46. The largest absolute Gasteiger partial charge is 0.481 e. The Balaban J connectivity index is 1.51. The van der Waals surface area contributed by atoms with E-state index < -0.39 is 29.3 Å². The quantitative estimate of drug-likeness (QED) is 0.340. The van der Waals surface area contributed by atoms with E-state index in [0.29, 0.717) is 36.9 Å². The number of hydrogen-bond acceptors (Lipinski definition) is 5. The minimum atomic E-state index is -4.71. The fourth-order valence-electron chi connectivity index (χ4n) is 4.44. The van der Waals surface area contributed by atoms with Crippen LogP contribution in [0.1, 0.15) is 35.6 Å². The van der Waals surface area contributed by atoms with E-state index in [1.165, 1.54) is 12.1 Å². The lowest BCUT2D eigenvalue weighted by Gasteiger charge is -2.17. The van der Waals surface area contributed by atoms with Crippen LogP contribution in [0.2, 0.25) is 0 Å². The first kappa shape index (κ1) is 22.9. The van der Waals surface area contributed by atoms with Crippen LogP contribution in [-0.4, -0.2) is 21.4 Å². The molecule has 0 saturated heterocycles. The molecule has 0 spiro atoms. The van der Waals surface area contributed by atoms with Crippen molar-refractivity contribution in [2.75, 3.05) is 0 Å². The molecule has 1 atom stereocenters. The Morgan fingerprint density at radius 3 is 2.46 bits per heavy atom. The van der Waals surface area contributed by atoms with E-state index in [-0.39, 0.29) is 17.1 Å². The third-order valence-corrected chi connectivity index (χ3v) is 6.37. The minimum Gasteiger partial charge on any atom is -0.481 e. The standard InChI is InChI=1S/C26H21F3N2O4/c1-14(25(32)33)7-8-15-9-11-18-17(13-15)10-12-19-21(18)30-35-24(19)22-20(26(27,28)29)23(34-31-22)16-5-3-2-4-6-16/h2-6,9,11,13-14H,7-8,10,12H2,1H3,(H,32,33)/t14-/m1/s1. The van der Waals surface area contributed by atoms with Crippen LogP contribution in [0.4, 0.5) is 13.2 Å². The van der Waals surface area contributed by atoms with E-state index in [1.807, 2.05) is 18.2 Å². The topological polar surface area (TPSA) is 89.4 Å². The molecule has 2 aromatic heterocycles. The lowest BCUT2D eigenvalue weighted by molar-refractivity contribution is -0.141. The predicted octanol–water partition coefficient (Wildman–Crippen LogP) is 6.43. The fraction of sp³-hybridized carbons (Fsp3) is 0.269. The van der Waals surface area contributed by atoms with Gasteiger partial charge in [0.25, 0.3) is 0 Å². The Morgan fingerprint density at radius 1 is 1.03 bits per heavy atom. The summed E-state index contributed by atoms with van der Waals surface area (Å²) in [6, 6.07) is 13.8. The van der Waals surface area contributed by atoms with Gasteiger partial charge < -0.3 is 14.2 Å². The molecule has 5 rings (SSSR count). The number of halogens is 3. The summed E-state index contributed by atoms with van der Waals surface area (Å²) in [6.07, 6.45) is -2.56. The molecular formula is C26H21F3N2O4. The molecule has 0 amide bonds. The number of carboxylic acid groups (broad SMARTS) is 1. The molecule has 4 aromatic rings. The van der Waals surface area contributed by atoms with E-state index in [0.717, 1.165) is 16.7 Å². The van der Waals surface area contributed by atoms with Crippen molar-refractivity contribution < 1.29 is 32.1 Å². The second kappa shape index (κ2) is 8.72. The number of fused-ring (bicyclic) bond motifs is 3. The summed E-state index contributed by atoms with van der Waals surface area (Å²) in [5.41, 5.74) is 2.71. The summed E-state index contributed by atoms with van der Waals surface area (Å²) in [5.74, 6) is -1.68. The summed E-state index contributed by atoms with van der Waals surface area (Å²) in [7, 11) is 0. The lowest BCUT2D eigenvalue weighted by Crippen LogP contribution is -2.11. The van der Waals surface area contributed by atoms with Gasteiger partial charge in [0.15, 0.2) is 17.2 Å². The summed E-state index contributed by atoms with van der Waals surface area (Å²) in [5, 5.41) is 17.0. The molecule has 0 saturated carbocycles. The molecule has 1 N–H and O–H groups in total. The zero-order valence-electron chi connectivity index (χ0n) is 18.7. The maximum atomic E-state index is 14.1. The Morgan fingerprint density at radius 2 is 1.74 bits per heavy atom. The van der Waals surface area contributed by atoms with E-state index >= 15 is 0 Å². The molecule has 0 fully saturated rings. The van der Waals surface area contributed by atoms with Gasteiger partial charge in [-0.1, -0.05) is 65.8 Å². The number of benzene rings is 2. The average Bonchev–Trinajstić information content (AvgIpc) is 3.47. The number of alkyl halides is 3. The van der Waals surface area contributed by atoms with Gasteiger partial charge in [-0.15, -0.1) is 0 Å². The van der Waals surface area contributed by atoms with Crippen LogP contribution in [0.5, 0.6) is 0 Å². The van der Waals surface area contributed by atoms with Crippen LogP contribution < -0.4 is 0 Å². The Kier molecular flexibility index (Phi) is 5.70. The molecule has 0 bridgehead atoms. The normalized spacial score (nSPS) is 13.8. The molecular weight excluding hydrogens is 461 g/mol. The highest BCUT2D eigenvalue weighted by molar-refractivity contribution is 5.79. The number of nitrogens with zero attached hydrogens (tertiary/aromatic N) is 2. The van der Waals surface area contributed by atoms with Crippen LogP contribution >= 0.6 is 0 Å². The minimum absolute atomic E-state index is 0.0386. The first-order valence-corrected chi connectivity index (χ1v) is 11.2. The van der Waals surface area contributed by atoms with Crippen molar-refractivity contribution >= 4 is 5.97 Å². The summed E-state index contributed by atoms with van der Waals surface area (Å²) >= 11 is 0. The van der Waals surface area contributed by atoms with Crippen molar-refractivity contribution in [1.82, 2.24) is 10.3 Å². The van der Waals surface area contributed by atoms with Crippen LogP contribution in [0.3, 0.4) is 0 Å². The molecule has 0 unspecified atom stereocenters. The van der Waals surface area contributed by atoms with Crippen molar-refractivity contribution in [3.05, 3.63) is 70.8 Å². The van der Waals surface area contributed by atoms with Gasteiger partial charge in [-0.25, -0.2) is 0 Å². The monoisotopic (exact) mass is 482 g/mol. The van der Waals surface area contributed by atoms with Crippen LogP contribution in [-0.2, 0) is 30.2 Å². The second-order valence-electron chi connectivity index (χ2n) is 8.71. The predicted molar refractivity (Wildman–Crippen MR) is 120 cm³/mol. The molecule has 0 aliphatic heterocycles. The maximum absolute atomic E-state index is 14.1. The van der Waals surface area contributed by atoms with Gasteiger partial charge in [-0.3, -0.25) is 4.79 Å². The number of rotatable bonds is 6. The van der Waals surface area contributed by atoms with Gasteiger partial charge in [0.05, 0.1) is 5.92 Å². The first-order chi connectivity index (χ1) is 16.7.